The maximum absolute atomic E-state index is 8.63. The maximum Gasteiger partial charge on any atom is 0.203 e. The van der Waals surface area contributed by atoms with Crippen LogP contribution >= 0.6 is 0 Å². The highest BCUT2D eigenvalue weighted by Crippen LogP contribution is 2.13. The van der Waals surface area contributed by atoms with Crippen molar-refractivity contribution < 1.29 is 4.42 Å². The van der Waals surface area contributed by atoms with E-state index in [2.05, 4.69) is 24.4 Å². The van der Waals surface area contributed by atoms with E-state index in [1.165, 1.54) is 5.56 Å². The highest BCUT2D eigenvalue weighted by atomic mass is 16.3. The molecule has 0 aliphatic carbocycles. The van der Waals surface area contributed by atoms with Gasteiger partial charge in [0.05, 0.1) is 6.54 Å². The molecule has 17 heavy (non-hydrogen) atoms. The topological polar surface area (TPSA) is 49.0 Å². The highest BCUT2D eigenvalue weighted by molar-refractivity contribution is 5.44. The van der Waals surface area contributed by atoms with Crippen molar-refractivity contribution in [3.05, 3.63) is 53.5 Å². The van der Waals surface area contributed by atoms with Gasteiger partial charge in [0.1, 0.15) is 11.8 Å². The minimum atomic E-state index is 0.350. The van der Waals surface area contributed by atoms with Crippen LogP contribution in [0.3, 0.4) is 0 Å². The number of nitriles is 1. The summed E-state index contributed by atoms with van der Waals surface area (Å²) in [6.45, 7) is 2.72. The van der Waals surface area contributed by atoms with Crippen LogP contribution < -0.4 is 5.32 Å². The first-order chi connectivity index (χ1) is 8.31. The molecule has 0 atom stereocenters. The van der Waals surface area contributed by atoms with Gasteiger partial charge in [-0.1, -0.05) is 19.1 Å². The summed E-state index contributed by atoms with van der Waals surface area (Å²) in [5, 5.41) is 11.9. The Morgan fingerprint density at radius 2 is 1.94 bits per heavy atom. The molecule has 2 aromatic rings. The minimum absolute atomic E-state index is 0.350. The Morgan fingerprint density at radius 1 is 1.18 bits per heavy atom. The lowest BCUT2D eigenvalue weighted by atomic mass is 10.1. The third-order valence-corrected chi connectivity index (χ3v) is 2.60. The fraction of sp³-hybridized carbons (Fsp3) is 0.214. The summed E-state index contributed by atoms with van der Waals surface area (Å²) in [4.78, 5) is 0. The van der Waals surface area contributed by atoms with E-state index >= 15 is 0 Å². The summed E-state index contributed by atoms with van der Waals surface area (Å²) in [5.74, 6) is 1.12. The molecular formula is C14H14N2O. The summed E-state index contributed by atoms with van der Waals surface area (Å²) >= 11 is 0. The van der Waals surface area contributed by atoms with E-state index in [1.54, 1.807) is 6.07 Å². The van der Waals surface area contributed by atoms with Crippen LogP contribution in [0.1, 0.15) is 24.0 Å². The molecule has 0 amide bonds. The molecule has 0 saturated heterocycles. The maximum atomic E-state index is 8.63. The van der Waals surface area contributed by atoms with E-state index in [0.717, 1.165) is 17.9 Å². The molecular weight excluding hydrogens is 212 g/mol. The van der Waals surface area contributed by atoms with E-state index in [9.17, 15) is 0 Å². The molecule has 1 aromatic carbocycles. The molecule has 0 radical (unpaired) electrons. The van der Waals surface area contributed by atoms with Gasteiger partial charge in [-0.3, -0.25) is 0 Å². The molecule has 3 heteroatoms. The highest BCUT2D eigenvalue weighted by Gasteiger charge is 2.00. The van der Waals surface area contributed by atoms with Crippen LogP contribution in [-0.4, -0.2) is 0 Å². The average molecular weight is 226 g/mol. The third kappa shape index (κ3) is 2.88. The Balaban J connectivity index is 1.95. The summed E-state index contributed by atoms with van der Waals surface area (Å²) < 4.78 is 5.28. The summed E-state index contributed by atoms with van der Waals surface area (Å²) in [6, 6.07) is 13.8. The Bertz CT molecular complexity index is 520. The average Bonchev–Trinajstić information content (AvgIpc) is 2.85. The van der Waals surface area contributed by atoms with Crippen molar-refractivity contribution in [1.29, 1.82) is 5.26 Å². The Kier molecular flexibility index (Phi) is 3.46. The van der Waals surface area contributed by atoms with Crippen molar-refractivity contribution in [3.63, 3.8) is 0 Å². The lowest BCUT2D eigenvalue weighted by Crippen LogP contribution is -1.97. The lowest BCUT2D eigenvalue weighted by molar-refractivity contribution is 0.506. The number of nitrogens with zero attached hydrogens (tertiary/aromatic N) is 1. The van der Waals surface area contributed by atoms with Gasteiger partial charge in [-0.05, 0) is 36.2 Å². The Morgan fingerprint density at radius 3 is 2.53 bits per heavy atom. The lowest BCUT2D eigenvalue weighted by Gasteiger charge is -2.05. The molecule has 86 valence electrons. The molecule has 0 aliphatic heterocycles. The van der Waals surface area contributed by atoms with Crippen molar-refractivity contribution in [1.82, 2.24) is 0 Å². The van der Waals surface area contributed by atoms with Crippen LogP contribution in [0.2, 0.25) is 0 Å². The van der Waals surface area contributed by atoms with Gasteiger partial charge in [-0.2, -0.15) is 5.26 Å². The molecule has 0 spiro atoms. The van der Waals surface area contributed by atoms with Crippen molar-refractivity contribution in [2.24, 2.45) is 0 Å². The Labute approximate surface area is 101 Å². The Hall–Kier alpha value is -2.21. The molecule has 1 N–H and O–H groups in total. The zero-order valence-corrected chi connectivity index (χ0v) is 9.73. The number of anilines is 1. The number of furan rings is 1. The van der Waals surface area contributed by atoms with Crippen LogP contribution in [0.5, 0.6) is 0 Å². The van der Waals surface area contributed by atoms with E-state index in [1.807, 2.05) is 24.3 Å². The predicted molar refractivity (Wildman–Crippen MR) is 66.6 cm³/mol. The quantitative estimate of drug-likeness (QED) is 0.869. The standard InChI is InChI=1S/C14H14N2O/c1-2-11-3-5-12(6-4-11)16-10-14-8-7-13(9-15)17-14/h3-8,16H,2,10H2,1H3. The van der Waals surface area contributed by atoms with Gasteiger partial charge in [0.2, 0.25) is 5.76 Å². The minimum Gasteiger partial charge on any atom is -0.449 e. The predicted octanol–water partition coefficient (Wildman–Crippen LogP) is 3.33. The second-order valence-electron chi connectivity index (χ2n) is 3.78. The van der Waals surface area contributed by atoms with E-state index in [-0.39, 0.29) is 0 Å². The smallest absolute Gasteiger partial charge is 0.203 e. The monoisotopic (exact) mass is 226 g/mol. The molecule has 0 aliphatic rings. The normalized spacial score (nSPS) is 9.88. The number of benzene rings is 1. The van der Waals surface area contributed by atoms with Gasteiger partial charge in [-0.25, -0.2) is 0 Å². The van der Waals surface area contributed by atoms with Gasteiger partial charge in [0, 0.05) is 5.69 Å². The van der Waals surface area contributed by atoms with Gasteiger partial charge >= 0.3 is 0 Å². The number of rotatable bonds is 4. The number of aryl methyl sites for hydroxylation is 1. The van der Waals surface area contributed by atoms with Crippen molar-refractivity contribution >= 4 is 5.69 Å². The third-order valence-electron chi connectivity index (χ3n) is 2.60. The SMILES string of the molecule is CCc1ccc(NCc2ccc(C#N)o2)cc1. The molecule has 0 bridgehead atoms. The van der Waals surface area contributed by atoms with Gasteiger partial charge in [0.15, 0.2) is 0 Å². The fourth-order valence-electron chi connectivity index (χ4n) is 1.58. The van der Waals surface area contributed by atoms with Gasteiger partial charge in [-0.15, -0.1) is 0 Å². The number of nitrogens with one attached hydrogen (secondary N) is 1. The van der Waals surface area contributed by atoms with E-state index < -0.39 is 0 Å². The first-order valence-electron chi connectivity index (χ1n) is 5.63. The zero-order chi connectivity index (χ0) is 12.1. The second-order valence-corrected chi connectivity index (χ2v) is 3.78. The molecule has 1 aromatic heterocycles. The summed E-state index contributed by atoms with van der Waals surface area (Å²) in [7, 11) is 0. The van der Waals surface area contributed by atoms with Crippen LogP contribution in [0.25, 0.3) is 0 Å². The largest absolute Gasteiger partial charge is 0.449 e. The second kappa shape index (κ2) is 5.22. The zero-order valence-electron chi connectivity index (χ0n) is 9.73. The van der Waals surface area contributed by atoms with Crippen LogP contribution in [0, 0.1) is 11.3 Å². The molecule has 1 heterocycles. The molecule has 0 fully saturated rings. The first kappa shape index (κ1) is 11.3. The summed E-state index contributed by atoms with van der Waals surface area (Å²) in [6.07, 6.45) is 1.05. The van der Waals surface area contributed by atoms with Crippen LogP contribution in [0.15, 0.2) is 40.8 Å². The van der Waals surface area contributed by atoms with Gasteiger partial charge in [0.25, 0.3) is 0 Å². The van der Waals surface area contributed by atoms with E-state index in [4.69, 9.17) is 9.68 Å². The number of hydrogen-bond acceptors (Lipinski definition) is 3. The number of hydrogen-bond donors (Lipinski definition) is 1. The molecule has 0 saturated carbocycles. The fourth-order valence-corrected chi connectivity index (χ4v) is 1.58. The molecule has 0 unspecified atom stereocenters. The van der Waals surface area contributed by atoms with Gasteiger partial charge < -0.3 is 9.73 Å². The van der Waals surface area contributed by atoms with Crippen molar-refractivity contribution in [3.8, 4) is 6.07 Å². The molecule has 2 rings (SSSR count). The van der Waals surface area contributed by atoms with Crippen LogP contribution in [0.4, 0.5) is 5.69 Å². The van der Waals surface area contributed by atoms with Crippen molar-refractivity contribution in [2.75, 3.05) is 5.32 Å². The summed E-state index contributed by atoms with van der Waals surface area (Å²) in [5.41, 5.74) is 2.37. The molecule has 3 nitrogen and oxygen atoms in total. The first-order valence-corrected chi connectivity index (χ1v) is 5.63. The van der Waals surface area contributed by atoms with E-state index in [0.29, 0.717) is 12.3 Å². The van der Waals surface area contributed by atoms with Crippen LogP contribution in [-0.2, 0) is 13.0 Å². The van der Waals surface area contributed by atoms with Crippen molar-refractivity contribution in [2.45, 2.75) is 19.9 Å².